The van der Waals surface area contributed by atoms with E-state index in [4.69, 9.17) is 9.47 Å². The molecule has 4 unspecified atom stereocenters. The van der Waals surface area contributed by atoms with Crippen molar-refractivity contribution in [2.75, 3.05) is 0 Å². The number of fused-ring (bicyclic) bond motifs is 1. The number of nitriles is 1. The van der Waals surface area contributed by atoms with Gasteiger partial charge in [-0.25, -0.2) is 14.5 Å². The maximum atomic E-state index is 14.4. The fraction of sp³-hybridized carbons (Fsp3) is 0.815. The molecule has 42 heavy (non-hydrogen) atoms. The Balaban J connectivity index is 1.64. The van der Waals surface area contributed by atoms with E-state index >= 15 is 0 Å². The predicted octanol–water partition coefficient (Wildman–Crippen LogP) is 4.64. The summed E-state index contributed by atoms with van der Waals surface area (Å²) in [6.45, 7) is 4.07. The number of halogens is 6. The van der Waals surface area contributed by atoms with Crippen molar-refractivity contribution < 1.29 is 55.0 Å². The van der Waals surface area contributed by atoms with Crippen LogP contribution in [0.3, 0.4) is 0 Å². The van der Waals surface area contributed by atoms with Gasteiger partial charge in [0.2, 0.25) is 5.91 Å². The number of alkyl halides is 6. The second kappa shape index (κ2) is 9.47. The van der Waals surface area contributed by atoms with Gasteiger partial charge in [-0.05, 0) is 89.9 Å². The van der Waals surface area contributed by atoms with Crippen LogP contribution in [0.25, 0.3) is 0 Å². The molecule has 0 aromatic rings. The minimum absolute atomic E-state index is 0.00285. The van der Waals surface area contributed by atoms with E-state index in [-0.39, 0.29) is 42.9 Å². The molecule has 9 nitrogen and oxygen atoms in total. The van der Waals surface area contributed by atoms with Crippen molar-refractivity contribution in [3.63, 3.8) is 0 Å². The van der Waals surface area contributed by atoms with Crippen LogP contribution in [0.5, 0.6) is 0 Å². The average molecular weight is 608 g/mol. The number of likely N-dealkylation sites (tertiary alicyclic amines) is 1. The maximum absolute atomic E-state index is 14.4. The number of nitrogens with zero attached hydrogens (tertiary/aromatic N) is 3. The van der Waals surface area contributed by atoms with E-state index in [9.17, 15) is 50.8 Å². The molecule has 6 atom stereocenters. The first-order valence-corrected chi connectivity index (χ1v) is 13.8. The maximum Gasteiger partial charge on any atom is 0.490 e. The lowest BCUT2D eigenvalue weighted by atomic mass is 9.45. The minimum Gasteiger partial charge on any atom is -0.452 e. The number of carbonyl (C=O) groups is 4. The van der Waals surface area contributed by atoms with Gasteiger partial charge in [-0.1, -0.05) is 0 Å². The fourth-order valence-electron chi connectivity index (χ4n) is 8.37. The minimum atomic E-state index is -5.63. The number of rotatable bonds is 4. The molecular weight excluding hydrogens is 576 g/mol. The van der Waals surface area contributed by atoms with E-state index in [0.717, 1.165) is 4.90 Å². The van der Waals surface area contributed by atoms with Crippen LogP contribution >= 0.6 is 0 Å². The summed E-state index contributed by atoms with van der Waals surface area (Å²) in [7, 11) is 0. The summed E-state index contributed by atoms with van der Waals surface area (Å²) in [6.07, 6.45) is -11.9. The number of piperidine rings is 1. The normalized spacial score (nSPS) is 35.6. The smallest absolute Gasteiger partial charge is 0.452 e. The Labute approximate surface area is 237 Å². The summed E-state index contributed by atoms with van der Waals surface area (Å²) in [5.74, 6) is -7.13. The van der Waals surface area contributed by atoms with E-state index < -0.39 is 89.2 Å². The molecule has 0 spiro atoms. The molecule has 1 heterocycles. The summed E-state index contributed by atoms with van der Waals surface area (Å²) in [5.41, 5.74) is -4.79. The topological polar surface area (TPSA) is 117 Å². The molecule has 1 aliphatic heterocycles. The quantitative estimate of drug-likeness (QED) is 0.338. The van der Waals surface area contributed by atoms with Crippen molar-refractivity contribution in [2.45, 2.75) is 114 Å². The zero-order valence-electron chi connectivity index (χ0n) is 23.2. The molecule has 5 saturated carbocycles. The van der Waals surface area contributed by atoms with E-state index in [0.29, 0.717) is 12.8 Å². The summed E-state index contributed by atoms with van der Waals surface area (Å²) >= 11 is 0. The third-order valence-electron chi connectivity index (χ3n) is 9.22. The standard InChI is InChI=1S/C27H31F6N3O6/c1-23(2,3)42-22(40)36(20(38)26(28,29)30)18(19(37)35-16(11-34)5-15-6-17(15)35)24-7-13-4-14(8-24)10-25(9-13,12-24)41-21(39)27(31,32)33/h13-18H,4-10,12H2,1-3H3/t13?,14?,15?,16-,17?,18+,24?,25?/m0/s1. The molecule has 5 aliphatic carbocycles. The zero-order valence-corrected chi connectivity index (χ0v) is 23.2. The molecule has 0 N–H and O–H groups in total. The molecule has 0 radical (unpaired) electrons. The summed E-state index contributed by atoms with van der Waals surface area (Å²) in [4.78, 5) is 53.8. The van der Waals surface area contributed by atoms with E-state index in [1.807, 2.05) is 6.07 Å². The molecule has 4 bridgehead atoms. The molecule has 15 heteroatoms. The first-order chi connectivity index (χ1) is 19.2. The summed E-state index contributed by atoms with van der Waals surface area (Å²) in [6, 6.07) is -1.67. The highest BCUT2D eigenvalue weighted by Crippen LogP contribution is 2.65. The highest BCUT2D eigenvalue weighted by Gasteiger charge is 2.69. The van der Waals surface area contributed by atoms with Crippen molar-refractivity contribution in [3.8, 4) is 6.07 Å². The molecule has 6 rings (SSSR count). The number of imide groups is 1. The first kappa shape index (κ1) is 30.4. The van der Waals surface area contributed by atoms with Crippen molar-refractivity contribution in [1.82, 2.24) is 9.80 Å². The Morgan fingerprint density at radius 2 is 1.52 bits per heavy atom. The second-order valence-corrected chi connectivity index (χ2v) is 13.6. The molecule has 0 aromatic carbocycles. The van der Waals surface area contributed by atoms with E-state index in [1.165, 1.54) is 20.8 Å². The molecular formula is C27H31F6N3O6. The highest BCUT2D eigenvalue weighted by molar-refractivity contribution is 6.01. The van der Waals surface area contributed by atoms with Gasteiger partial charge in [0.25, 0.3) is 0 Å². The van der Waals surface area contributed by atoms with Gasteiger partial charge >= 0.3 is 30.3 Å². The van der Waals surface area contributed by atoms with Crippen LogP contribution in [0.1, 0.15) is 72.1 Å². The van der Waals surface area contributed by atoms with Crippen LogP contribution in [0.4, 0.5) is 31.1 Å². The monoisotopic (exact) mass is 607 g/mol. The second-order valence-electron chi connectivity index (χ2n) is 13.6. The predicted molar refractivity (Wildman–Crippen MR) is 128 cm³/mol. The Bertz CT molecular complexity index is 1220. The van der Waals surface area contributed by atoms with Crippen molar-refractivity contribution in [1.29, 1.82) is 5.26 Å². The van der Waals surface area contributed by atoms with Crippen molar-refractivity contribution >= 4 is 23.9 Å². The number of carbonyl (C=O) groups excluding carboxylic acids is 4. The number of hydrogen-bond acceptors (Lipinski definition) is 7. The molecule has 6 fully saturated rings. The van der Waals surface area contributed by atoms with Gasteiger partial charge in [0.1, 0.15) is 23.3 Å². The number of hydrogen-bond donors (Lipinski definition) is 0. The Morgan fingerprint density at radius 3 is 2.02 bits per heavy atom. The molecule has 6 aliphatic rings. The Kier molecular flexibility index (Phi) is 6.86. The van der Waals surface area contributed by atoms with Gasteiger partial charge in [0.15, 0.2) is 0 Å². The number of ether oxygens (including phenoxy) is 2. The number of esters is 1. The number of amides is 3. The van der Waals surface area contributed by atoms with Crippen LogP contribution in [-0.2, 0) is 23.9 Å². The molecule has 1 saturated heterocycles. The van der Waals surface area contributed by atoms with Gasteiger partial charge in [0.05, 0.1) is 6.07 Å². The van der Waals surface area contributed by atoms with Crippen LogP contribution < -0.4 is 0 Å². The van der Waals surface area contributed by atoms with Crippen LogP contribution in [0, 0.1) is 34.5 Å². The van der Waals surface area contributed by atoms with Crippen LogP contribution in [-0.4, -0.2) is 75.4 Å². The lowest BCUT2D eigenvalue weighted by molar-refractivity contribution is -0.244. The Hall–Kier alpha value is -3.05. The van der Waals surface area contributed by atoms with E-state index in [1.54, 1.807) is 0 Å². The summed E-state index contributed by atoms with van der Waals surface area (Å²) in [5, 5.41) is 9.73. The lowest BCUT2D eigenvalue weighted by Crippen LogP contribution is -2.69. The van der Waals surface area contributed by atoms with Gasteiger partial charge in [-0.15, -0.1) is 0 Å². The van der Waals surface area contributed by atoms with Crippen molar-refractivity contribution in [3.05, 3.63) is 0 Å². The third kappa shape index (κ3) is 5.30. The largest absolute Gasteiger partial charge is 0.490 e. The lowest BCUT2D eigenvalue weighted by Gasteiger charge is -2.63. The van der Waals surface area contributed by atoms with Gasteiger partial charge < -0.3 is 14.4 Å². The van der Waals surface area contributed by atoms with Gasteiger partial charge in [-0.3, -0.25) is 9.59 Å². The first-order valence-electron chi connectivity index (χ1n) is 13.8. The van der Waals surface area contributed by atoms with E-state index in [2.05, 4.69) is 0 Å². The zero-order chi connectivity index (χ0) is 31.2. The molecule has 0 aromatic heterocycles. The third-order valence-corrected chi connectivity index (χ3v) is 9.22. The van der Waals surface area contributed by atoms with Crippen LogP contribution in [0.15, 0.2) is 0 Å². The van der Waals surface area contributed by atoms with Gasteiger partial charge in [0, 0.05) is 11.5 Å². The average Bonchev–Trinajstić information content (AvgIpc) is 3.47. The molecule has 232 valence electrons. The fourth-order valence-corrected chi connectivity index (χ4v) is 8.37. The molecule has 3 amide bonds. The summed E-state index contributed by atoms with van der Waals surface area (Å²) < 4.78 is 92.4. The Morgan fingerprint density at radius 1 is 0.929 bits per heavy atom. The van der Waals surface area contributed by atoms with Crippen LogP contribution in [0.2, 0.25) is 0 Å². The van der Waals surface area contributed by atoms with Crippen molar-refractivity contribution in [2.24, 2.45) is 23.2 Å². The SMILES string of the molecule is CC(C)(C)OC(=O)N(C(=O)C(F)(F)F)[C@H](C(=O)N1C2CC2C[C@H]1C#N)C12CC3CC(CC(OC(=O)C(F)(F)F)(C3)C1)C2. The highest BCUT2D eigenvalue weighted by atomic mass is 19.4. The van der Waals surface area contributed by atoms with Gasteiger partial charge in [-0.2, -0.15) is 31.6 Å².